The van der Waals surface area contributed by atoms with E-state index >= 15 is 0 Å². The van der Waals surface area contributed by atoms with E-state index in [1.54, 1.807) is 6.07 Å². The molecule has 1 aromatic carbocycles. The Morgan fingerprint density at radius 2 is 2.24 bits per heavy atom. The molecule has 0 aliphatic carbocycles. The quantitative estimate of drug-likeness (QED) is 0.746. The van der Waals surface area contributed by atoms with Crippen molar-refractivity contribution < 1.29 is 9.13 Å². The molecule has 1 aliphatic rings. The van der Waals surface area contributed by atoms with Gasteiger partial charge in [0.25, 0.3) is 0 Å². The topological polar surface area (TPSA) is 27.1 Å². The zero-order chi connectivity index (χ0) is 15.2. The van der Waals surface area contributed by atoms with E-state index in [4.69, 9.17) is 27.9 Å². The Balaban J connectivity index is 2.14. The second-order valence-electron chi connectivity index (χ2n) is 6.04. The van der Waals surface area contributed by atoms with Gasteiger partial charge in [-0.25, -0.2) is 9.37 Å². The minimum atomic E-state index is -0.433. The van der Waals surface area contributed by atoms with Crippen LogP contribution < -0.4 is 0 Å². The number of imidazole rings is 1. The highest BCUT2D eigenvalue weighted by molar-refractivity contribution is 6.31. The van der Waals surface area contributed by atoms with Crippen LogP contribution in [0.3, 0.4) is 0 Å². The number of hydrogen-bond donors (Lipinski definition) is 0. The van der Waals surface area contributed by atoms with Gasteiger partial charge in [0.1, 0.15) is 11.6 Å². The van der Waals surface area contributed by atoms with Crippen LogP contribution in [0.2, 0.25) is 5.02 Å². The van der Waals surface area contributed by atoms with E-state index in [9.17, 15) is 4.39 Å². The molecule has 21 heavy (non-hydrogen) atoms. The van der Waals surface area contributed by atoms with Crippen LogP contribution in [0.1, 0.15) is 38.6 Å². The highest BCUT2D eigenvalue weighted by Gasteiger charge is 2.32. The highest BCUT2D eigenvalue weighted by atomic mass is 35.5. The third kappa shape index (κ3) is 2.77. The summed E-state index contributed by atoms with van der Waals surface area (Å²) in [5, 5.41) is 0.0839. The molecule has 0 spiro atoms. The highest BCUT2D eigenvalue weighted by Crippen LogP contribution is 2.36. The lowest BCUT2D eigenvalue weighted by Crippen LogP contribution is -2.35. The van der Waals surface area contributed by atoms with Crippen LogP contribution in [0.5, 0.6) is 0 Å². The average Bonchev–Trinajstić information content (AvgIpc) is 2.75. The molecule has 0 bridgehead atoms. The SMILES string of the molecule is CC1(C)CC(n2c(CCl)nc3cc(Cl)c(F)cc32)CCO1. The summed E-state index contributed by atoms with van der Waals surface area (Å²) in [5.74, 6) is 0.597. The number of nitrogens with zero attached hydrogens (tertiary/aromatic N) is 2. The molecule has 2 aromatic rings. The molecule has 2 heterocycles. The first-order chi connectivity index (χ1) is 9.91. The molecule has 3 rings (SSSR count). The van der Waals surface area contributed by atoms with Crippen molar-refractivity contribution in [3.63, 3.8) is 0 Å². The smallest absolute Gasteiger partial charge is 0.144 e. The molecule has 1 unspecified atom stereocenters. The molecule has 0 saturated carbocycles. The van der Waals surface area contributed by atoms with Gasteiger partial charge in [0, 0.05) is 18.7 Å². The molecule has 0 radical (unpaired) electrons. The first-order valence-electron chi connectivity index (χ1n) is 6.97. The number of fused-ring (bicyclic) bond motifs is 1. The molecule has 3 nitrogen and oxygen atoms in total. The van der Waals surface area contributed by atoms with Crippen molar-refractivity contribution in [2.75, 3.05) is 6.61 Å². The molecule has 1 atom stereocenters. The fourth-order valence-electron chi connectivity index (χ4n) is 3.06. The number of benzene rings is 1. The molecule has 6 heteroatoms. The van der Waals surface area contributed by atoms with Crippen molar-refractivity contribution in [3.05, 3.63) is 28.8 Å². The van der Waals surface area contributed by atoms with Gasteiger partial charge in [0.15, 0.2) is 0 Å². The van der Waals surface area contributed by atoms with Crippen LogP contribution >= 0.6 is 23.2 Å². The minimum Gasteiger partial charge on any atom is -0.375 e. The number of aromatic nitrogens is 2. The van der Waals surface area contributed by atoms with Crippen molar-refractivity contribution in [1.29, 1.82) is 0 Å². The van der Waals surface area contributed by atoms with Gasteiger partial charge in [-0.1, -0.05) is 11.6 Å². The lowest BCUT2D eigenvalue weighted by Gasteiger charge is -2.36. The fourth-order valence-corrected chi connectivity index (χ4v) is 3.41. The molecule has 114 valence electrons. The second kappa shape index (κ2) is 5.41. The summed E-state index contributed by atoms with van der Waals surface area (Å²) in [6, 6.07) is 3.21. The van der Waals surface area contributed by atoms with E-state index in [1.807, 2.05) is 4.57 Å². The Bertz CT molecular complexity index is 684. The van der Waals surface area contributed by atoms with Gasteiger partial charge in [-0.15, -0.1) is 11.6 Å². The average molecular weight is 331 g/mol. The lowest BCUT2D eigenvalue weighted by molar-refractivity contribution is -0.0688. The van der Waals surface area contributed by atoms with Gasteiger partial charge >= 0.3 is 0 Å². The number of ether oxygens (including phenoxy) is 1. The first-order valence-corrected chi connectivity index (χ1v) is 7.88. The third-order valence-corrected chi connectivity index (χ3v) is 4.49. The largest absolute Gasteiger partial charge is 0.375 e. The van der Waals surface area contributed by atoms with Crippen molar-refractivity contribution in [2.45, 2.75) is 44.2 Å². The van der Waals surface area contributed by atoms with E-state index in [0.717, 1.165) is 24.2 Å². The van der Waals surface area contributed by atoms with E-state index in [-0.39, 0.29) is 22.5 Å². The Morgan fingerprint density at radius 3 is 2.90 bits per heavy atom. The maximum absolute atomic E-state index is 13.8. The van der Waals surface area contributed by atoms with E-state index < -0.39 is 5.82 Å². The number of hydrogen-bond acceptors (Lipinski definition) is 2. The zero-order valence-corrected chi connectivity index (χ0v) is 13.5. The summed E-state index contributed by atoms with van der Waals surface area (Å²) in [6.45, 7) is 4.81. The molecule has 1 aliphatic heterocycles. The van der Waals surface area contributed by atoms with Crippen LogP contribution in [0, 0.1) is 5.82 Å². The summed E-state index contributed by atoms with van der Waals surface area (Å²) in [4.78, 5) is 4.50. The maximum atomic E-state index is 13.8. The zero-order valence-electron chi connectivity index (χ0n) is 12.0. The van der Waals surface area contributed by atoms with Crippen LogP contribution in [0.15, 0.2) is 12.1 Å². The summed E-state index contributed by atoms with van der Waals surface area (Å²) < 4.78 is 21.6. The van der Waals surface area contributed by atoms with Crippen molar-refractivity contribution >= 4 is 34.2 Å². The maximum Gasteiger partial charge on any atom is 0.144 e. The molecule has 0 amide bonds. The van der Waals surface area contributed by atoms with E-state index in [2.05, 4.69) is 18.8 Å². The second-order valence-corrected chi connectivity index (χ2v) is 6.72. The third-order valence-electron chi connectivity index (χ3n) is 3.96. The van der Waals surface area contributed by atoms with Crippen LogP contribution in [0.4, 0.5) is 4.39 Å². The summed E-state index contributed by atoms with van der Waals surface area (Å²) in [5.41, 5.74) is 1.23. The monoisotopic (exact) mass is 330 g/mol. The Morgan fingerprint density at radius 1 is 1.48 bits per heavy atom. The first kappa shape index (κ1) is 15.1. The number of rotatable bonds is 2. The van der Waals surface area contributed by atoms with Crippen molar-refractivity contribution in [1.82, 2.24) is 9.55 Å². The van der Waals surface area contributed by atoms with Gasteiger partial charge < -0.3 is 9.30 Å². The standard InChI is InChI=1S/C15H17Cl2FN2O/c1-15(2)7-9(3-4-21-15)20-13-6-11(18)10(17)5-12(13)19-14(20)8-16/h5-6,9H,3-4,7-8H2,1-2H3. The van der Waals surface area contributed by atoms with Gasteiger partial charge in [-0.3, -0.25) is 0 Å². The van der Waals surface area contributed by atoms with Gasteiger partial charge in [0.05, 0.1) is 27.5 Å². The predicted octanol–water partition coefficient (Wildman–Crippen LogP) is 4.70. The lowest BCUT2D eigenvalue weighted by atomic mass is 9.93. The van der Waals surface area contributed by atoms with Gasteiger partial charge in [-0.2, -0.15) is 0 Å². The Hall–Kier alpha value is -0.840. The fraction of sp³-hybridized carbons (Fsp3) is 0.533. The van der Waals surface area contributed by atoms with Gasteiger partial charge in [-0.05, 0) is 32.8 Å². The molecule has 1 aromatic heterocycles. The van der Waals surface area contributed by atoms with Crippen LogP contribution in [-0.2, 0) is 10.6 Å². The van der Waals surface area contributed by atoms with Gasteiger partial charge in [0.2, 0.25) is 0 Å². The number of alkyl halides is 1. The van der Waals surface area contributed by atoms with Crippen molar-refractivity contribution in [2.24, 2.45) is 0 Å². The molecular formula is C15H17Cl2FN2O. The molecule has 0 N–H and O–H groups in total. The summed E-state index contributed by atoms with van der Waals surface area (Å²) in [7, 11) is 0. The Labute approximate surface area is 133 Å². The molecule has 1 saturated heterocycles. The Kier molecular flexibility index (Phi) is 3.89. The van der Waals surface area contributed by atoms with Crippen LogP contribution in [-0.4, -0.2) is 21.8 Å². The minimum absolute atomic E-state index is 0.0839. The predicted molar refractivity (Wildman–Crippen MR) is 82.6 cm³/mol. The molecule has 1 fully saturated rings. The van der Waals surface area contributed by atoms with E-state index in [1.165, 1.54) is 6.07 Å². The van der Waals surface area contributed by atoms with Crippen molar-refractivity contribution in [3.8, 4) is 0 Å². The number of halogens is 3. The van der Waals surface area contributed by atoms with Crippen LogP contribution in [0.25, 0.3) is 11.0 Å². The van der Waals surface area contributed by atoms with E-state index in [0.29, 0.717) is 12.1 Å². The summed E-state index contributed by atoms with van der Waals surface area (Å²) >= 11 is 11.9. The summed E-state index contributed by atoms with van der Waals surface area (Å²) in [6.07, 6.45) is 1.70. The normalized spacial score (nSPS) is 21.9. The molecular weight excluding hydrogens is 314 g/mol.